The van der Waals surface area contributed by atoms with Crippen LogP contribution in [0.4, 0.5) is 5.69 Å². The van der Waals surface area contributed by atoms with Gasteiger partial charge >= 0.3 is 0 Å². The molecule has 1 aromatic heterocycles. The molecule has 1 aromatic carbocycles. The Morgan fingerprint density at radius 1 is 1.53 bits per heavy atom. The third-order valence-electron chi connectivity index (χ3n) is 2.65. The maximum absolute atomic E-state index is 12.3. The molecule has 0 saturated heterocycles. The number of ether oxygens (including phenoxy) is 1. The number of carbonyl (C=O) groups excluding carboxylic acids is 1. The lowest BCUT2D eigenvalue weighted by molar-refractivity contribution is 0.0778. The van der Waals surface area contributed by atoms with E-state index in [9.17, 15) is 4.79 Å². The number of carbonyl (C=O) groups is 1. The summed E-state index contributed by atoms with van der Waals surface area (Å²) >= 11 is 0. The van der Waals surface area contributed by atoms with Gasteiger partial charge in [-0.15, -0.1) is 0 Å². The largest absolute Gasteiger partial charge is 0.496 e. The number of aromatic amines is 1. The Hall–Kier alpha value is -2.57. The number of hydrogen-bond donors (Lipinski definition) is 2. The third kappa shape index (κ3) is 2.82. The third-order valence-corrected chi connectivity index (χ3v) is 2.65. The van der Waals surface area contributed by atoms with Gasteiger partial charge in [0.25, 0.3) is 5.91 Å². The van der Waals surface area contributed by atoms with Gasteiger partial charge in [0.1, 0.15) is 17.9 Å². The number of nitrogen functional groups attached to an aromatic ring is 1. The number of nitrogens with zero attached hydrogens (tertiary/aromatic N) is 3. The van der Waals surface area contributed by atoms with E-state index < -0.39 is 0 Å². The lowest BCUT2D eigenvalue weighted by Crippen LogP contribution is -2.27. The molecule has 0 unspecified atom stereocenters. The summed E-state index contributed by atoms with van der Waals surface area (Å²) in [6.07, 6.45) is 1.40. The van der Waals surface area contributed by atoms with E-state index in [0.29, 0.717) is 29.4 Å². The van der Waals surface area contributed by atoms with Gasteiger partial charge in [-0.2, -0.15) is 5.10 Å². The second-order valence-corrected chi connectivity index (χ2v) is 4.05. The SMILES string of the molecule is COc1cc(N)ccc1C(=O)N(C)Cc1ncn[nH]1. The Morgan fingerprint density at radius 2 is 2.32 bits per heavy atom. The number of anilines is 1. The van der Waals surface area contributed by atoms with Gasteiger partial charge < -0.3 is 15.4 Å². The zero-order chi connectivity index (χ0) is 13.8. The highest BCUT2D eigenvalue weighted by molar-refractivity contribution is 5.97. The molecule has 100 valence electrons. The van der Waals surface area contributed by atoms with E-state index in [1.165, 1.54) is 18.3 Å². The van der Waals surface area contributed by atoms with Gasteiger partial charge in [0.2, 0.25) is 0 Å². The van der Waals surface area contributed by atoms with E-state index in [1.807, 2.05) is 0 Å². The van der Waals surface area contributed by atoms with Crippen LogP contribution in [0.3, 0.4) is 0 Å². The van der Waals surface area contributed by atoms with Crippen LogP contribution in [0, 0.1) is 0 Å². The lowest BCUT2D eigenvalue weighted by atomic mass is 10.1. The molecule has 0 aliphatic heterocycles. The van der Waals surface area contributed by atoms with E-state index in [2.05, 4.69) is 15.2 Å². The number of H-pyrrole nitrogens is 1. The minimum Gasteiger partial charge on any atom is -0.496 e. The fourth-order valence-electron chi connectivity index (χ4n) is 1.69. The molecule has 2 aromatic rings. The fraction of sp³-hybridized carbons (Fsp3) is 0.250. The van der Waals surface area contributed by atoms with Crippen molar-refractivity contribution >= 4 is 11.6 Å². The Bertz CT molecular complexity index is 568. The van der Waals surface area contributed by atoms with E-state index in [4.69, 9.17) is 10.5 Å². The Balaban J connectivity index is 2.19. The molecule has 0 spiro atoms. The number of nitrogens with one attached hydrogen (secondary N) is 1. The molecule has 0 aliphatic carbocycles. The first-order valence-electron chi connectivity index (χ1n) is 5.65. The van der Waals surface area contributed by atoms with Crippen LogP contribution in [0.5, 0.6) is 5.75 Å². The maximum atomic E-state index is 12.3. The Labute approximate surface area is 110 Å². The molecule has 0 fully saturated rings. The van der Waals surface area contributed by atoms with Gasteiger partial charge in [-0.3, -0.25) is 9.89 Å². The van der Waals surface area contributed by atoms with Gasteiger partial charge in [0.05, 0.1) is 19.2 Å². The molecule has 7 heteroatoms. The summed E-state index contributed by atoms with van der Waals surface area (Å²) in [6, 6.07) is 4.93. The smallest absolute Gasteiger partial charge is 0.257 e. The van der Waals surface area contributed by atoms with Crippen molar-refractivity contribution in [2.24, 2.45) is 0 Å². The van der Waals surface area contributed by atoms with E-state index in [-0.39, 0.29) is 5.91 Å². The molecule has 19 heavy (non-hydrogen) atoms. The minimum absolute atomic E-state index is 0.173. The lowest BCUT2D eigenvalue weighted by Gasteiger charge is -2.17. The molecule has 7 nitrogen and oxygen atoms in total. The second kappa shape index (κ2) is 5.38. The predicted molar refractivity (Wildman–Crippen MR) is 69.6 cm³/mol. The van der Waals surface area contributed by atoms with Crippen LogP contribution in [0.15, 0.2) is 24.5 Å². The first kappa shape index (κ1) is 12.9. The first-order valence-corrected chi connectivity index (χ1v) is 5.65. The zero-order valence-corrected chi connectivity index (χ0v) is 10.8. The maximum Gasteiger partial charge on any atom is 0.257 e. The topological polar surface area (TPSA) is 97.1 Å². The number of aromatic nitrogens is 3. The summed E-state index contributed by atoms with van der Waals surface area (Å²) in [5.74, 6) is 0.896. The molecule has 2 rings (SSSR count). The summed E-state index contributed by atoms with van der Waals surface area (Å²) in [5.41, 5.74) is 6.67. The van der Waals surface area contributed by atoms with Gasteiger partial charge in [0, 0.05) is 18.8 Å². The standard InChI is InChI=1S/C12H15N5O2/c1-17(6-11-14-7-15-16-11)12(18)9-4-3-8(13)5-10(9)19-2/h3-5,7H,6,13H2,1-2H3,(H,14,15,16). The fourth-order valence-corrected chi connectivity index (χ4v) is 1.69. The van der Waals surface area contributed by atoms with Crippen molar-refractivity contribution in [2.75, 3.05) is 19.9 Å². The van der Waals surface area contributed by atoms with Crippen LogP contribution in [0.1, 0.15) is 16.2 Å². The summed E-state index contributed by atoms with van der Waals surface area (Å²) < 4.78 is 5.17. The number of methoxy groups -OCH3 is 1. The summed E-state index contributed by atoms with van der Waals surface area (Å²) in [6.45, 7) is 0.340. The average Bonchev–Trinajstić information content (AvgIpc) is 2.90. The van der Waals surface area contributed by atoms with Gasteiger partial charge in [-0.05, 0) is 12.1 Å². The molecule has 0 bridgehead atoms. The van der Waals surface area contributed by atoms with Crippen molar-refractivity contribution in [1.82, 2.24) is 20.1 Å². The van der Waals surface area contributed by atoms with Crippen molar-refractivity contribution in [1.29, 1.82) is 0 Å². The van der Waals surface area contributed by atoms with Crippen molar-refractivity contribution in [3.8, 4) is 5.75 Å². The second-order valence-electron chi connectivity index (χ2n) is 4.05. The molecule has 3 N–H and O–H groups in total. The van der Waals surface area contributed by atoms with Gasteiger partial charge in [-0.25, -0.2) is 4.98 Å². The highest BCUT2D eigenvalue weighted by Crippen LogP contribution is 2.22. The number of nitrogens with two attached hydrogens (primary N) is 1. The summed E-state index contributed by atoms with van der Waals surface area (Å²) in [5, 5.41) is 6.44. The molecule has 0 atom stereocenters. The van der Waals surface area contributed by atoms with Crippen LogP contribution in [-0.2, 0) is 6.54 Å². The first-order chi connectivity index (χ1) is 9.11. The molecular formula is C12H15N5O2. The van der Waals surface area contributed by atoms with Crippen LogP contribution >= 0.6 is 0 Å². The quantitative estimate of drug-likeness (QED) is 0.788. The van der Waals surface area contributed by atoms with Crippen molar-refractivity contribution < 1.29 is 9.53 Å². The minimum atomic E-state index is -0.173. The normalized spacial score (nSPS) is 10.2. The predicted octanol–water partition coefficient (Wildman–Crippen LogP) is 0.668. The number of hydrogen-bond acceptors (Lipinski definition) is 5. The van der Waals surface area contributed by atoms with E-state index >= 15 is 0 Å². The van der Waals surface area contributed by atoms with Crippen LogP contribution in [-0.4, -0.2) is 40.1 Å². The van der Waals surface area contributed by atoms with E-state index in [1.54, 1.807) is 25.2 Å². The number of benzene rings is 1. The molecular weight excluding hydrogens is 246 g/mol. The Kier molecular flexibility index (Phi) is 3.65. The summed E-state index contributed by atoms with van der Waals surface area (Å²) in [7, 11) is 3.18. The number of amides is 1. The van der Waals surface area contributed by atoms with Crippen molar-refractivity contribution in [3.63, 3.8) is 0 Å². The highest BCUT2D eigenvalue weighted by Gasteiger charge is 2.17. The van der Waals surface area contributed by atoms with Gasteiger partial charge in [0.15, 0.2) is 0 Å². The zero-order valence-electron chi connectivity index (χ0n) is 10.8. The molecule has 0 aliphatic rings. The van der Waals surface area contributed by atoms with Crippen LogP contribution < -0.4 is 10.5 Å². The average molecular weight is 261 g/mol. The summed E-state index contributed by atoms with van der Waals surface area (Å²) in [4.78, 5) is 17.8. The number of rotatable bonds is 4. The monoisotopic (exact) mass is 261 g/mol. The van der Waals surface area contributed by atoms with Gasteiger partial charge in [-0.1, -0.05) is 0 Å². The molecule has 0 saturated carbocycles. The van der Waals surface area contributed by atoms with E-state index in [0.717, 1.165) is 0 Å². The molecule has 0 radical (unpaired) electrons. The Morgan fingerprint density at radius 3 is 2.95 bits per heavy atom. The highest BCUT2D eigenvalue weighted by atomic mass is 16.5. The molecule has 1 amide bonds. The van der Waals surface area contributed by atoms with Crippen molar-refractivity contribution in [3.05, 3.63) is 35.9 Å². The van der Waals surface area contributed by atoms with Crippen LogP contribution in [0.25, 0.3) is 0 Å². The molecule has 1 heterocycles. The van der Waals surface area contributed by atoms with Crippen molar-refractivity contribution in [2.45, 2.75) is 6.54 Å². The van der Waals surface area contributed by atoms with Crippen LogP contribution in [0.2, 0.25) is 0 Å².